The predicted octanol–water partition coefficient (Wildman–Crippen LogP) is 1.33. The van der Waals surface area contributed by atoms with Crippen LogP contribution < -0.4 is 10.9 Å². The van der Waals surface area contributed by atoms with E-state index >= 15 is 0 Å². The fraction of sp³-hybridized carbons (Fsp3) is 0.615. The summed E-state index contributed by atoms with van der Waals surface area (Å²) in [6, 6.07) is 3.68. The summed E-state index contributed by atoms with van der Waals surface area (Å²) in [6.45, 7) is 3.90. The monoisotopic (exact) mass is 254 g/mol. The fourth-order valence-corrected chi connectivity index (χ4v) is 1.63. The average molecular weight is 254 g/mol. The van der Waals surface area contributed by atoms with E-state index in [0.29, 0.717) is 19.2 Å². The maximum Gasteiger partial charge on any atom is 0.250 e. The SMILES string of the molecule is COCCC(C)Nc1ccc(=O)n(CCOC)c1. The van der Waals surface area contributed by atoms with Gasteiger partial charge in [-0.15, -0.1) is 0 Å². The highest BCUT2D eigenvalue weighted by atomic mass is 16.5. The zero-order valence-electron chi connectivity index (χ0n) is 11.3. The normalized spacial score (nSPS) is 12.4. The molecule has 5 heteroatoms. The summed E-state index contributed by atoms with van der Waals surface area (Å²) in [6.07, 6.45) is 2.75. The Morgan fingerprint density at radius 3 is 2.67 bits per heavy atom. The van der Waals surface area contributed by atoms with E-state index < -0.39 is 0 Å². The molecule has 0 aromatic carbocycles. The molecule has 0 spiro atoms. The number of anilines is 1. The molecule has 18 heavy (non-hydrogen) atoms. The first-order chi connectivity index (χ1) is 8.67. The Morgan fingerprint density at radius 2 is 2.00 bits per heavy atom. The molecule has 1 rings (SSSR count). The fourth-order valence-electron chi connectivity index (χ4n) is 1.63. The van der Waals surface area contributed by atoms with Gasteiger partial charge in [0.05, 0.1) is 12.3 Å². The van der Waals surface area contributed by atoms with Crippen molar-refractivity contribution in [1.29, 1.82) is 0 Å². The van der Waals surface area contributed by atoms with Crippen molar-refractivity contribution >= 4 is 5.69 Å². The van der Waals surface area contributed by atoms with E-state index in [1.54, 1.807) is 30.9 Å². The van der Waals surface area contributed by atoms with Gasteiger partial charge in [0, 0.05) is 45.7 Å². The number of pyridine rings is 1. The second kappa shape index (κ2) is 7.89. The first-order valence-corrected chi connectivity index (χ1v) is 6.12. The van der Waals surface area contributed by atoms with Crippen LogP contribution in [0.15, 0.2) is 23.1 Å². The summed E-state index contributed by atoms with van der Waals surface area (Å²) < 4.78 is 11.7. The third-order valence-corrected chi connectivity index (χ3v) is 2.69. The largest absolute Gasteiger partial charge is 0.385 e. The summed E-state index contributed by atoms with van der Waals surface area (Å²) in [4.78, 5) is 11.6. The Morgan fingerprint density at radius 1 is 1.28 bits per heavy atom. The predicted molar refractivity (Wildman–Crippen MR) is 72.2 cm³/mol. The van der Waals surface area contributed by atoms with Crippen LogP contribution in [-0.4, -0.2) is 38.0 Å². The van der Waals surface area contributed by atoms with Gasteiger partial charge in [0.1, 0.15) is 0 Å². The topological polar surface area (TPSA) is 52.5 Å². The lowest BCUT2D eigenvalue weighted by Gasteiger charge is -2.16. The zero-order chi connectivity index (χ0) is 13.4. The average Bonchev–Trinajstić information content (AvgIpc) is 2.37. The van der Waals surface area contributed by atoms with Crippen molar-refractivity contribution in [2.24, 2.45) is 0 Å². The molecule has 0 radical (unpaired) electrons. The maximum atomic E-state index is 11.6. The molecule has 5 nitrogen and oxygen atoms in total. The molecule has 0 fully saturated rings. The molecule has 1 heterocycles. The maximum absolute atomic E-state index is 11.6. The van der Waals surface area contributed by atoms with Crippen molar-refractivity contribution in [3.8, 4) is 0 Å². The number of nitrogens with one attached hydrogen (secondary N) is 1. The highest BCUT2D eigenvalue weighted by molar-refractivity contribution is 5.41. The molecule has 1 aromatic heterocycles. The minimum absolute atomic E-state index is 0.0119. The lowest BCUT2D eigenvalue weighted by Crippen LogP contribution is -2.23. The van der Waals surface area contributed by atoms with E-state index in [0.717, 1.165) is 18.7 Å². The smallest absolute Gasteiger partial charge is 0.250 e. The minimum atomic E-state index is -0.0119. The Kier molecular flexibility index (Phi) is 6.46. The van der Waals surface area contributed by atoms with Crippen LogP contribution in [0.25, 0.3) is 0 Å². The molecule has 102 valence electrons. The highest BCUT2D eigenvalue weighted by Gasteiger charge is 2.03. The van der Waals surface area contributed by atoms with E-state index in [4.69, 9.17) is 9.47 Å². The van der Waals surface area contributed by atoms with Crippen molar-refractivity contribution in [3.63, 3.8) is 0 Å². The lowest BCUT2D eigenvalue weighted by atomic mass is 10.2. The van der Waals surface area contributed by atoms with E-state index in [2.05, 4.69) is 12.2 Å². The Bertz CT molecular complexity index is 403. The molecule has 0 saturated heterocycles. The van der Waals surface area contributed by atoms with Gasteiger partial charge in [0.25, 0.3) is 5.56 Å². The van der Waals surface area contributed by atoms with Gasteiger partial charge in [-0.3, -0.25) is 4.79 Å². The van der Waals surface area contributed by atoms with Crippen molar-refractivity contribution in [3.05, 3.63) is 28.7 Å². The van der Waals surface area contributed by atoms with Crippen molar-refractivity contribution in [2.75, 3.05) is 32.8 Å². The van der Waals surface area contributed by atoms with Crippen molar-refractivity contribution in [1.82, 2.24) is 4.57 Å². The molecular weight excluding hydrogens is 232 g/mol. The summed E-state index contributed by atoms with van der Waals surface area (Å²) >= 11 is 0. The van der Waals surface area contributed by atoms with Crippen molar-refractivity contribution < 1.29 is 9.47 Å². The molecule has 0 bridgehead atoms. The highest BCUT2D eigenvalue weighted by Crippen LogP contribution is 2.07. The first kappa shape index (κ1) is 14.7. The van der Waals surface area contributed by atoms with Crippen LogP contribution >= 0.6 is 0 Å². The van der Waals surface area contributed by atoms with E-state index in [1.807, 2.05) is 6.20 Å². The summed E-state index contributed by atoms with van der Waals surface area (Å²) in [5.41, 5.74) is 0.927. The van der Waals surface area contributed by atoms with Crippen LogP contribution in [0.1, 0.15) is 13.3 Å². The van der Waals surface area contributed by atoms with E-state index in [1.165, 1.54) is 0 Å². The Labute approximate surface area is 108 Å². The zero-order valence-corrected chi connectivity index (χ0v) is 11.3. The Balaban J connectivity index is 2.63. The van der Waals surface area contributed by atoms with Gasteiger partial charge in [0.2, 0.25) is 0 Å². The van der Waals surface area contributed by atoms with E-state index in [9.17, 15) is 4.79 Å². The molecule has 0 aliphatic rings. The third kappa shape index (κ3) is 4.89. The van der Waals surface area contributed by atoms with Gasteiger partial charge in [-0.1, -0.05) is 0 Å². The number of aromatic nitrogens is 1. The van der Waals surface area contributed by atoms with Gasteiger partial charge in [-0.05, 0) is 19.4 Å². The quantitative estimate of drug-likeness (QED) is 0.760. The number of ether oxygens (including phenoxy) is 2. The summed E-state index contributed by atoms with van der Waals surface area (Å²) in [7, 11) is 3.32. The van der Waals surface area contributed by atoms with Crippen LogP contribution in [0.3, 0.4) is 0 Å². The third-order valence-electron chi connectivity index (χ3n) is 2.69. The molecule has 0 aliphatic heterocycles. The second-order valence-corrected chi connectivity index (χ2v) is 4.27. The number of rotatable bonds is 8. The molecule has 0 aliphatic carbocycles. The van der Waals surface area contributed by atoms with Crippen LogP contribution in [-0.2, 0) is 16.0 Å². The van der Waals surface area contributed by atoms with Gasteiger partial charge in [-0.25, -0.2) is 0 Å². The molecule has 1 unspecified atom stereocenters. The van der Waals surface area contributed by atoms with Gasteiger partial charge >= 0.3 is 0 Å². The summed E-state index contributed by atoms with van der Waals surface area (Å²) in [5, 5.41) is 3.34. The van der Waals surface area contributed by atoms with Gasteiger partial charge < -0.3 is 19.4 Å². The second-order valence-electron chi connectivity index (χ2n) is 4.27. The molecule has 0 saturated carbocycles. The first-order valence-electron chi connectivity index (χ1n) is 6.12. The molecule has 1 aromatic rings. The van der Waals surface area contributed by atoms with Crippen LogP contribution in [0.4, 0.5) is 5.69 Å². The molecule has 1 atom stereocenters. The number of nitrogens with zero attached hydrogens (tertiary/aromatic N) is 1. The molecule has 0 amide bonds. The summed E-state index contributed by atoms with van der Waals surface area (Å²) in [5.74, 6) is 0. The van der Waals surface area contributed by atoms with Gasteiger partial charge in [0.15, 0.2) is 0 Å². The van der Waals surface area contributed by atoms with Crippen LogP contribution in [0.5, 0.6) is 0 Å². The number of hydrogen-bond acceptors (Lipinski definition) is 4. The minimum Gasteiger partial charge on any atom is -0.385 e. The van der Waals surface area contributed by atoms with Crippen LogP contribution in [0, 0.1) is 0 Å². The van der Waals surface area contributed by atoms with Crippen molar-refractivity contribution in [2.45, 2.75) is 25.9 Å². The molecular formula is C13H22N2O3. The van der Waals surface area contributed by atoms with E-state index in [-0.39, 0.29) is 5.56 Å². The van der Waals surface area contributed by atoms with Gasteiger partial charge in [-0.2, -0.15) is 0 Å². The Hall–Kier alpha value is -1.33. The molecule has 1 N–H and O–H groups in total. The number of hydrogen-bond donors (Lipinski definition) is 1. The standard InChI is InChI=1S/C13H22N2O3/c1-11(6-8-17-2)14-12-4-5-13(16)15(10-12)7-9-18-3/h4-5,10-11,14H,6-9H2,1-3H3. The lowest BCUT2D eigenvalue weighted by molar-refractivity contribution is 0.186. The van der Waals surface area contributed by atoms with Crippen LogP contribution in [0.2, 0.25) is 0 Å². The number of methoxy groups -OCH3 is 2.